The predicted molar refractivity (Wildman–Crippen MR) is 53.8 cm³/mol. The highest BCUT2D eigenvalue weighted by molar-refractivity contribution is 9.10. The monoisotopic (exact) mass is 283 g/mol. The van der Waals surface area contributed by atoms with Crippen molar-refractivity contribution in [3.63, 3.8) is 0 Å². The molecule has 6 heteroatoms. The van der Waals surface area contributed by atoms with Gasteiger partial charge in [-0.15, -0.1) is 0 Å². The Kier molecular flexibility index (Phi) is 3.83. The maximum Gasteiger partial charge on any atom is 0.315 e. The predicted octanol–water partition coefficient (Wildman–Crippen LogP) is 3.31. The number of nitrogens with one attached hydrogen (secondary N) is 1. The number of alkyl halides is 2. The topological polar surface area (TPSA) is 29.1 Å². The van der Waals surface area contributed by atoms with E-state index in [4.69, 9.17) is 11.6 Å². The molecule has 0 heterocycles. The van der Waals surface area contributed by atoms with Crippen molar-refractivity contribution < 1.29 is 13.6 Å². The van der Waals surface area contributed by atoms with Gasteiger partial charge in [0.15, 0.2) is 0 Å². The van der Waals surface area contributed by atoms with Crippen LogP contribution in [0.1, 0.15) is 0 Å². The molecule has 0 aromatic heterocycles. The molecule has 1 rings (SSSR count). The second-order valence-corrected chi connectivity index (χ2v) is 3.74. The molecule has 0 fully saturated rings. The first kappa shape index (κ1) is 11.4. The highest BCUT2D eigenvalue weighted by Gasteiger charge is 2.16. The molecule has 0 aliphatic rings. The van der Waals surface area contributed by atoms with Crippen molar-refractivity contribution >= 4 is 39.1 Å². The van der Waals surface area contributed by atoms with Crippen molar-refractivity contribution in [2.45, 2.75) is 6.43 Å². The quantitative estimate of drug-likeness (QED) is 0.887. The van der Waals surface area contributed by atoms with Crippen LogP contribution >= 0.6 is 27.5 Å². The summed E-state index contributed by atoms with van der Waals surface area (Å²) in [6.45, 7) is 0. The molecule has 0 atom stereocenters. The van der Waals surface area contributed by atoms with Crippen LogP contribution in [0.25, 0.3) is 0 Å². The van der Waals surface area contributed by atoms with E-state index >= 15 is 0 Å². The third-order valence-corrected chi connectivity index (χ3v) is 2.21. The minimum atomic E-state index is -3.05. The van der Waals surface area contributed by atoms with Crippen LogP contribution in [0.5, 0.6) is 0 Å². The van der Waals surface area contributed by atoms with Gasteiger partial charge >= 0.3 is 6.43 Å². The van der Waals surface area contributed by atoms with Crippen molar-refractivity contribution in [2.75, 3.05) is 5.32 Å². The van der Waals surface area contributed by atoms with E-state index in [0.29, 0.717) is 4.47 Å². The molecule has 1 aromatic rings. The molecule has 76 valence electrons. The summed E-state index contributed by atoms with van der Waals surface area (Å²) in [6.07, 6.45) is -3.05. The normalized spacial score (nSPS) is 10.4. The minimum absolute atomic E-state index is 0.159. The molecule has 1 N–H and O–H groups in total. The SMILES string of the molecule is O=C(Nc1cc(Br)ccc1Cl)C(F)F. The van der Waals surface area contributed by atoms with Gasteiger partial charge in [-0.2, -0.15) is 8.78 Å². The van der Waals surface area contributed by atoms with Gasteiger partial charge in [-0.25, -0.2) is 0 Å². The molecule has 0 unspecified atom stereocenters. The molecular formula is C8H5BrClF2NO. The lowest BCUT2D eigenvalue weighted by molar-refractivity contribution is -0.126. The molecule has 0 aliphatic heterocycles. The number of amides is 1. The van der Waals surface area contributed by atoms with Crippen LogP contribution in [0.2, 0.25) is 5.02 Å². The van der Waals surface area contributed by atoms with Crippen molar-refractivity contribution in [2.24, 2.45) is 0 Å². The van der Waals surface area contributed by atoms with Gasteiger partial charge in [0.1, 0.15) is 0 Å². The average Bonchev–Trinajstić information content (AvgIpc) is 2.11. The van der Waals surface area contributed by atoms with Crippen molar-refractivity contribution in [3.8, 4) is 0 Å². The molecule has 0 bridgehead atoms. The van der Waals surface area contributed by atoms with Gasteiger partial charge in [-0.3, -0.25) is 4.79 Å². The number of halogens is 4. The fourth-order valence-corrected chi connectivity index (χ4v) is 1.31. The van der Waals surface area contributed by atoms with Crippen molar-refractivity contribution in [1.82, 2.24) is 0 Å². The zero-order valence-electron chi connectivity index (χ0n) is 6.73. The third-order valence-electron chi connectivity index (χ3n) is 1.38. The van der Waals surface area contributed by atoms with Crippen LogP contribution in [-0.2, 0) is 4.79 Å². The van der Waals surface area contributed by atoms with Gasteiger partial charge in [0, 0.05) is 4.47 Å². The van der Waals surface area contributed by atoms with E-state index in [1.165, 1.54) is 12.1 Å². The van der Waals surface area contributed by atoms with Gasteiger partial charge in [0.05, 0.1) is 10.7 Å². The zero-order valence-corrected chi connectivity index (χ0v) is 9.07. The number of hydrogen-bond acceptors (Lipinski definition) is 1. The molecule has 0 saturated heterocycles. The summed E-state index contributed by atoms with van der Waals surface area (Å²) in [6, 6.07) is 4.58. The van der Waals surface area contributed by atoms with Gasteiger partial charge in [-0.1, -0.05) is 27.5 Å². The van der Waals surface area contributed by atoms with Crippen LogP contribution in [0.15, 0.2) is 22.7 Å². The summed E-state index contributed by atoms with van der Waals surface area (Å²) in [5, 5.41) is 2.21. The number of carbonyl (C=O) groups is 1. The van der Waals surface area contributed by atoms with E-state index in [0.717, 1.165) is 0 Å². The summed E-state index contributed by atoms with van der Waals surface area (Å²) < 4.78 is 24.4. The maximum atomic E-state index is 11.9. The van der Waals surface area contributed by atoms with Gasteiger partial charge in [-0.05, 0) is 18.2 Å². The molecule has 0 radical (unpaired) electrons. The Morgan fingerprint density at radius 2 is 2.14 bits per heavy atom. The Labute approximate surface area is 92.4 Å². The molecule has 0 spiro atoms. The molecule has 0 aliphatic carbocycles. The summed E-state index contributed by atoms with van der Waals surface area (Å²) in [5.74, 6) is -1.37. The van der Waals surface area contributed by atoms with Crippen LogP contribution < -0.4 is 5.32 Å². The number of carbonyl (C=O) groups excluding carboxylic acids is 1. The molecule has 2 nitrogen and oxygen atoms in total. The Morgan fingerprint density at radius 3 is 2.71 bits per heavy atom. The highest BCUT2D eigenvalue weighted by Crippen LogP contribution is 2.25. The van der Waals surface area contributed by atoms with Gasteiger partial charge < -0.3 is 5.32 Å². The summed E-state index contributed by atoms with van der Waals surface area (Å²) in [7, 11) is 0. The first-order valence-corrected chi connectivity index (χ1v) is 4.72. The van der Waals surface area contributed by atoms with Crippen LogP contribution in [0.4, 0.5) is 14.5 Å². The molecule has 1 amide bonds. The Hall–Kier alpha value is -0.680. The summed E-state index contributed by atoms with van der Waals surface area (Å²) in [5.41, 5.74) is 0.159. The van der Waals surface area contributed by atoms with E-state index < -0.39 is 12.3 Å². The average molecular weight is 284 g/mol. The molecular weight excluding hydrogens is 279 g/mol. The summed E-state index contributed by atoms with van der Waals surface area (Å²) >= 11 is 8.79. The first-order chi connectivity index (χ1) is 6.50. The fourth-order valence-electron chi connectivity index (χ4n) is 0.781. The Bertz CT molecular complexity index is 359. The van der Waals surface area contributed by atoms with E-state index in [1.807, 2.05) is 5.32 Å². The Morgan fingerprint density at radius 1 is 1.50 bits per heavy atom. The highest BCUT2D eigenvalue weighted by atomic mass is 79.9. The Balaban J connectivity index is 2.86. The summed E-state index contributed by atoms with van der Waals surface area (Å²) in [4.78, 5) is 10.6. The standard InChI is InChI=1S/C8H5BrClF2NO/c9-4-1-2-5(10)6(3-4)13-8(14)7(11)12/h1-3,7H,(H,13,14). The number of rotatable bonds is 2. The van der Waals surface area contributed by atoms with Gasteiger partial charge in [0.25, 0.3) is 5.91 Å². The first-order valence-electron chi connectivity index (χ1n) is 3.55. The lowest BCUT2D eigenvalue weighted by Crippen LogP contribution is -2.20. The smallest absolute Gasteiger partial charge is 0.315 e. The molecule has 14 heavy (non-hydrogen) atoms. The number of hydrogen-bond donors (Lipinski definition) is 1. The second kappa shape index (κ2) is 4.70. The minimum Gasteiger partial charge on any atom is -0.320 e. The molecule has 1 aromatic carbocycles. The van der Waals surface area contributed by atoms with Crippen molar-refractivity contribution in [3.05, 3.63) is 27.7 Å². The van der Waals surface area contributed by atoms with Crippen LogP contribution in [-0.4, -0.2) is 12.3 Å². The lowest BCUT2D eigenvalue weighted by Gasteiger charge is -2.06. The van der Waals surface area contributed by atoms with Crippen LogP contribution in [0, 0.1) is 0 Å². The van der Waals surface area contributed by atoms with E-state index in [-0.39, 0.29) is 10.7 Å². The fraction of sp³-hybridized carbons (Fsp3) is 0.125. The number of anilines is 1. The number of benzene rings is 1. The second-order valence-electron chi connectivity index (χ2n) is 2.41. The maximum absolute atomic E-state index is 11.9. The van der Waals surface area contributed by atoms with Crippen molar-refractivity contribution in [1.29, 1.82) is 0 Å². The largest absolute Gasteiger partial charge is 0.320 e. The van der Waals surface area contributed by atoms with E-state index in [9.17, 15) is 13.6 Å². The molecule has 0 saturated carbocycles. The van der Waals surface area contributed by atoms with Crippen LogP contribution in [0.3, 0.4) is 0 Å². The third kappa shape index (κ3) is 2.92. The zero-order chi connectivity index (χ0) is 10.7. The van der Waals surface area contributed by atoms with Gasteiger partial charge in [0.2, 0.25) is 0 Å². The van der Waals surface area contributed by atoms with E-state index in [2.05, 4.69) is 15.9 Å². The lowest BCUT2D eigenvalue weighted by atomic mass is 10.3. The van der Waals surface area contributed by atoms with E-state index in [1.54, 1.807) is 6.07 Å².